The van der Waals surface area contributed by atoms with Crippen LogP contribution in [0.3, 0.4) is 0 Å². The van der Waals surface area contributed by atoms with E-state index in [0.717, 1.165) is 89.9 Å². The quantitative estimate of drug-likeness (QED) is 0.132. The molecule has 4 aromatic carbocycles. The van der Waals surface area contributed by atoms with Crippen molar-refractivity contribution in [2.45, 2.75) is 27.7 Å². The second-order valence-corrected chi connectivity index (χ2v) is 11.9. The highest BCUT2D eigenvalue weighted by Gasteiger charge is 2.18. The van der Waals surface area contributed by atoms with Gasteiger partial charge < -0.3 is 18.9 Å². The Hall–Kier alpha value is -5.30. The zero-order chi connectivity index (χ0) is 33.6. The lowest BCUT2D eigenvalue weighted by Gasteiger charge is -2.18. The first-order valence-electron chi connectivity index (χ1n) is 16.0. The van der Waals surface area contributed by atoms with E-state index < -0.39 is 0 Å². The molecule has 6 nitrogen and oxygen atoms in total. The zero-order valence-electron chi connectivity index (χ0n) is 28.3. The number of aromatic nitrogens is 2. The summed E-state index contributed by atoms with van der Waals surface area (Å²) >= 11 is 0. The molecule has 0 aliphatic heterocycles. The van der Waals surface area contributed by atoms with Gasteiger partial charge in [0.05, 0.1) is 22.8 Å². The molecule has 0 unspecified atom stereocenters. The van der Waals surface area contributed by atoms with Crippen molar-refractivity contribution in [3.8, 4) is 67.7 Å². The number of aryl methyl sites for hydroxylation is 4. The number of hydrogen-bond acceptors (Lipinski definition) is 6. The van der Waals surface area contributed by atoms with E-state index >= 15 is 0 Å². The van der Waals surface area contributed by atoms with Crippen molar-refractivity contribution in [3.05, 3.63) is 131 Å². The Labute approximate surface area is 283 Å². The van der Waals surface area contributed by atoms with Gasteiger partial charge in [-0.1, -0.05) is 72.8 Å². The minimum absolute atomic E-state index is 0.170. The Balaban J connectivity index is 1.42. The monoisotopic (exact) mass is 636 g/mol. The van der Waals surface area contributed by atoms with Crippen molar-refractivity contribution in [1.82, 2.24) is 9.97 Å². The number of hydrogen-bond donors (Lipinski definition) is 0. The summed E-state index contributed by atoms with van der Waals surface area (Å²) in [5, 5.41) is 0. The molecule has 2 aromatic heterocycles. The van der Waals surface area contributed by atoms with Gasteiger partial charge in [0.1, 0.15) is 11.5 Å². The van der Waals surface area contributed by atoms with Crippen LogP contribution in [0.1, 0.15) is 22.3 Å². The van der Waals surface area contributed by atoms with Crippen LogP contribution in [0.15, 0.2) is 109 Å². The van der Waals surface area contributed by atoms with Crippen LogP contribution in [0.2, 0.25) is 0 Å². The molecule has 0 radical (unpaired) electrons. The highest BCUT2D eigenvalue weighted by Crippen LogP contribution is 2.41. The Morgan fingerprint density at radius 2 is 0.792 bits per heavy atom. The maximum Gasteiger partial charge on any atom is 0.188 e. The van der Waals surface area contributed by atoms with Crippen LogP contribution in [-0.2, 0) is 9.47 Å². The van der Waals surface area contributed by atoms with Gasteiger partial charge >= 0.3 is 0 Å². The largest absolute Gasteiger partial charge is 0.467 e. The first-order chi connectivity index (χ1) is 23.4. The Morgan fingerprint density at radius 1 is 0.417 bits per heavy atom. The first-order valence-corrected chi connectivity index (χ1v) is 16.0. The predicted molar refractivity (Wildman–Crippen MR) is 193 cm³/mol. The smallest absolute Gasteiger partial charge is 0.188 e. The molecule has 0 aliphatic carbocycles. The van der Waals surface area contributed by atoms with Gasteiger partial charge in [-0.05, 0) is 97.5 Å². The van der Waals surface area contributed by atoms with Crippen molar-refractivity contribution in [3.63, 3.8) is 0 Å². The molecule has 0 saturated heterocycles. The van der Waals surface area contributed by atoms with Gasteiger partial charge in [0.25, 0.3) is 0 Å². The van der Waals surface area contributed by atoms with E-state index in [1.165, 1.54) is 0 Å². The lowest BCUT2D eigenvalue weighted by molar-refractivity contribution is 0.0509. The molecule has 0 fully saturated rings. The normalized spacial score (nSPS) is 11.0. The van der Waals surface area contributed by atoms with Crippen LogP contribution in [0, 0.1) is 27.7 Å². The first kappa shape index (κ1) is 32.6. The molecular formula is C42H40N2O4. The topological polar surface area (TPSA) is 62.7 Å². The van der Waals surface area contributed by atoms with E-state index in [1.807, 2.05) is 60.7 Å². The molecule has 0 atom stereocenters. The summed E-state index contributed by atoms with van der Waals surface area (Å²) in [6, 6.07) is 37.4. The minimum Gasteiger partial charge on any atom is -0.467 e. The van der Waals surface area contributed by atoms with Gasteiger partial charge in [-0.15, -0.1) is 0 Å². The van der Waals surface area contributed by atoms with Crippen molar-refractivity contribution < 1.29 is 18.9 Å². The van der Waals surface area contributed by atoms with E-state index in [4.69, 9.17) is 28.9 Å². The number of rotatable bonds is 11. The van der Waals surface area contributed by atoms with Gasteiger partial charge in [0.15, 0.2) is 13.6 Å². The summed E-state index contributed by atoms with van der Waals surface area (Å²) < 4.78 is 22.7. The summed E-state index contributed by atoms with van der Waals surface area (Å²) in [5.74, 6) is 1.61. The van der Waals surface area contributed by atoms with Crippen molar-refractivity contribution in [1.29, 1.82) is 0 Å². The maximum absolute atomic E-state index is 6.08. The molecule has 2 heterocycles. The maximum atomic E-state index is 6.08. The Morgan fingerprint density at radius 3 is 1.19 bits per heavy atom. The summed E-state index contributed by atoms with van der Waals surface area (Å²) in [6.07, 6.45) is 0. The molecule has 6 rings (SSSR count). The molecule has 48 heavy (non-hydrogen) atoms. The molecule has 0 bridgehead atoms. The van der Waals surface area contributed by atoms with Gasteiger partial charge in [-0.2, -0.15) is 0 Å². The summed E-state index contributed by atoms with van der Waals surface area (Å²) in [5.41, 5.74) is 13.8. The van der Waals surface area contributed by atoms with Crippen molar-refractivity contribution in [2.75, 3.05) is 27.8 Å². The lowest BCUT2D eigenvalue weighted by atomic mass is 9.93. The number of methoxy groups -OCH3 is 2. The predicted octanol–water partition coefficient (Wildman–Crippen LogP) is 10.0. The number of nitrogens with zero attached hydrogens (tertiary/aromatic N) is 2. The van der Waals surface area contributed by atoms with Crippen LogP contribution in [0.5, 0.6) is 11.5 Å². The minimum atomic E-state index is 0.170. The Kier molecular flexibility index (Phi) is 9.95. The molecule has 0 saturated carbocycles. The number of pyridine rings is 2. The molecule has 0 aliphatic rings. The standard InChI is InChI=1S/C42H40N2O4/c1-27-21-29(3)41(47-25-45-5)35(23-27)31-13-7-9-15-33(31)37-17-11-19-39(43-37)40-20-12-18-38(44-40)34-16-10-8-14-32(34)36-24-28(2)22-30(4)42(36)48-26-46-6/h7-24H,25-26H2,1-6H3. The fourth-order valence-electron chi connectivity index (χ4n) is 6.27. The average molecular weight is 637 g/mol. The molecule has 242 valence electrons. The summed E-state index contributed by atoms with van der Waals surface area (Å²) in [4.78, 5) is 10.3. The van der Waals surface area contributed by atoms with E-state index in [1.54, 1.807) is 14.2 Å². The van der Waals surface area contributed by atoms with Crippen LogP contribution >= 0.6 is 0 Å². The van der Waals surface area contributed by atoms with Crippen LogP contribution < -0.4 is 9.47 Å². The van der Waals surface area contributed by atoms with Crippen molar-refractivity contribution >= 4 is 0 Å². The summed E-state index contributed by atoms with van der Waals surface area (Å²) in [7, 11) is 3.26. The highest BCUT2D eigenvalue weighted by molar-refractivity contribution is 5.88. The molecule has 0 N–H and O–H groups in total. The van der Waals surface area contributed by atoms with Crippen LogP contribution in [0.4, 0.5) is 0 Å². The fraction of sp³-hybridized carbons (Fsp3) is 0.190. The number of ether oxygens (including phenoxy) is 4. The molecule has 0 amide bonds. The molecular weight excluding hydrogens is 596 g/mol. The second kappa shape index (κ2) is 14.6. The third-order valence-electron chi connectivity index (χ3n) is 8.23. The van der Waals surface area contributed by atoms with Crippen molar-refractivity contribution in [2.24, 2.45) is 0 Å². The third-order valence-corrected chi connectivity index (χ3v) is 8.23. The molecule has 0 spiro atoms. The SMILES string of the molecule is COCOc1c(C)cc(C)cc1-c1ccccc1-c1cccc(-c2cccc(-c3ccccc3-c3cc(C)cc(C)c3OCOC)n2)n1. The number of benzene rings is 4. The van der Waals surface area contributed by atoms with E-state index in [-0.39, 0.29) is 13.6 Å². The average Bonchev–Trinajstić information content (AvgIpc) is 3.10. The second-order valence-electron chi connectivity index (χ2n) is 11.9. The lowest BCUT2D eigenvalue weighted by Crippen LogP contribution is -2.03. The highest BCUT2D eigenvalue weighted by atomic mass is 16.7. The Bertz CT molecular complexity index is 1920. The van der Waals surface area contributed by atoms with Gasteiger partial charge in [-0.25, -0.2) is 9.97 Å². The fourth-order valence-corrected chi connectivity index (χ4v) is 6.27. The van der Waals surface area contributed by atoms with Crippen LogP contribution in [0.25, 0.3) is 56.2 Å². The third kappa shape index (κ3) is 6.86. The summed E-state index contributed by atoms with van der Waals surface area (Å²) in [6.45, 7) is 8.66. The van der Waals surface area contributed by atoms with E-state index in [9.17, 15) is 0 Å². The van der Waals surface area contributed by atoms with Gasteiger partial charge in [0, 0.05) is 36.5 Å². The molecule has 6 aromatic rings. The molecule has 6 heteroatoms. The van der Waals surface area contributed by atoms with Crippen LogP contribution in [-0.4, -0.2) is 37.8 Å². The zero-order valence-corrected chi connectivity index (χ0v) is 28.3. The van der Waals surface area contributed by atoms with E-state index in [0.29, 0.717) is 0 Å². The van der Waals surface area contributed by atoms with Gasteiger partial charge in [-0.3, -0.25) is 0 Å². The van der Waals surface area contributed by atoms with Gasteiger partial charge in [0.2, 0.25) is 0 Å². The van der Waals surface area contributed by atoms with E-state index in [2.05, 4.69) is 76.2 Å².